The summed E-state index contributed by atoms with van der Waals surface area (Å²) in [5, 5.41) is 4.93. The Kier molecular flexibility index (Phi) is 11.6. The Balaban J connectivity index is 4.85. The summed E-state index contributed by atoms with van der Waals surface area (Å²) in [5.41, 5.74) is -0.708. The molecule has 0 unspecified atom stereocenters. The summed E-state index contributed by atoms with van der Waals surface area (Å²) >= 11 is 0. The van der Waals surface area contributed by atoms with Crippen molar-refractivity contribution in [1.82, 2.24) is 10.6 Å². The van der Waals surface area contributed by atoms with E-state index in [1.807, 2.05) is 6.92 Å². The van der Waals surface area contributed by atoms with E-state index in [0.717, 1.165) is 12.8 Å². The maximum atomic E-state index is 12.4. The fourth-order valence-corrected chi connectivity index (χ4v) is 1.82. The monoisotopic (exact) mass is 376 g/mol. The van der Waals surface area contributed by atoms with E-state index in [0.29, 0.717) is 0 Å². The van der Waals surface area contributed by atoms with Gasteiger partial charge in [-0.15, -0.1) is 0 Å². The third kappa shape index (κ3) is 10.9. The summed E-state index contributed by atoms with van der Waals surface area (Å²) < 4.78 is 20.2. The third-order valence-electron chi connectivity index (χ3n) is 3.02. The minimum Gasteiger partial charge on any atom is -0.464 e. The van der Waals surface area contributed by atoms with Gasteiger partial charge < -0.3 is 29.6 Å². The van der Waals surface area contributed by atoms with E-state index in [1.54, 1.807) is 20.8 Å². The van der Waals surface area contributed by atoms with Crippen LogP contribution in [-0.4, -0.2) is 69.7 Å². The first kappa shape index (κ1) is 24.1. The summed E-state index contributed by atoms with van der Waals surface area (Å²) in [6.45, 7) is 7.22. The molecule has 0 aliphatic rings. The highest BCUT2D eigenvalue weighted by Crippen LogP contribution is 2.07. The van der Waals surface area contributed by atoms with Crippen LogP contribution in [0.2, 0.25) is 0 Å². The maximum Gasteiger partial charge on any atom is 0.408 e. The van der Waals surface area contributed by atoms with Crippen LogP contribution in [0.15, 0.2) is 0 Å². The predicted octanol–water partition coefficient (Wildman–Crippen LogP) is 1.00. The van der Waals surface area contributed by atoms with Gasteiger partial charge in [0, 0.05) is 14.2 Å². The Morgan fingerprint density at radius 2 is 1.54 bits per heavy atom. The Labute approximate surface area is 155 Å². The number of esters is 1. The second-order valence-electron chi connectivity index (χ2n) is 6.69. The molecule has 0 rings (SSSR count). The van der Waals surface area contributed by atoms with Gasteiger partial charge in [0.15, 0.2) is 6.04 Å². The number of carbonyl (C=O) groups is 3. The molecule has 152 valence electrons. The lowest BCUT2D eigenvalue weighted by molar-refractivity contribution is -0.149. The molecular formula is C17H32N2O7. The largest absolute Gasteiger partial charge is 0.464 e. The van der Waals surface area contributed by atoms with Crippen LogP contribution in [0.25, 0.3) is 0 Å². The molecule has 0 saturated carbocycles. The van der Waals surface area contributed by atoms with Gasteiger partial charge in [-0.1, -0.05) is 13.3 Å². The molecule has 0 radical (unpaired) electrons. The predicted molar refractivity (Wildman–Crippen MR) is 94.7 cm³/mol. The molecule has 2 atom stereocenters. The second kappa shape index (κ2) is 12.5. The van der Waals surface area contributed by atoms with Gasteiger partial charge in [0.1, 0.15) is 11.6 Å². The molecule has 0 heterocycles. The first-order valence-corrected chi connectivity index (χ1v) is 8.59. The first-order valence-electron chi connectivity index (χ1n) is 8.59. The number of unbranched alkanes of at least 4 members (excludes halogenated alkanes) is 1. The van der Waals surface area contributed by atoms with Gasteiger partial charge in [0.25, 0.3) is 0 Å². The first-order chi connectivity index (χ1) is 12.1. The number of methoxy groups -OCH3 is 2. The summed E-state index contributed by atoms with van der Waals surface area (Å²) in [6.07, 6.45) is 0.847. The van der Waals surface area contributed by atoms with Crippen LogP contribution < -0.4 is 10.6 Å². The van der Waals surface area contributed by atoms with Crippen molar-refractivity contribution in [2.24, 2.45) is 0 Å². The van der Waals surface area contributed by atoms with Gasteiger partial charge in [-0.25, -0.2) is 9.59 Å². The fourth-order valence-electron chi connectivity index (χ4n) is 1.82. The molecule has 2 amide bonds. The van der Waals surface area contributed by atoms with Crippen molar-refractivity contribution in [3.05, 3.63) is 0 Å². The van der Waals surface area contributed by atoms with Crippen LogP contribution in [0, 0.1) is 0 Å². The van der Waals surface area contributed by atoms with Gasteiger partial charge in [0.05, 0.1) is 19.8 Å². The number of nitrogens with one attached hydrogen (secondary N) is 2. The Morgan fingerprint density at radius 1 is 0.962 bits per heavy atom. The molecule has 26 heavy (non-hydrogen) atoms. The topological polar surface area (TPSA) is 112 Å². The van der Waals surface area contributed by atoms with E-state index in [4.69, 9.17) is 18.9 Å². The minimum atomic E-state index is -1.03. The molecule has 0 bridgehead atoms. The lowest BCUT2D eigenvalue weighted by atomic mass is 10.2. The van der Waals surface area contributed by atoms with Crippen LogP contribution in [0.5, 0.6) is 0 Å². The van der Waals surface area contributed by atoms with Gasteiger partial charge in [-0.2, -0.15) is 0 Å². The Hall–Kier alpha value is -1.87. The average molecular weight is 376 g/mol. The van der Waals surface area contributed by atoms with Gasteiger partial charge in [-0.05, 0) is 27.2 Å². The van der Waals surface area contributed by atoms with E-state index < -0.39 is 35.7 Å². The summed E-state index contributed by atoms with van der Waals surface area (Å²) in [7, 11) is 2.80. The average Bonchev–Trinajstić information content (AvgIpc) is 2.52. The molecule has 0 aliphatic heterocycles. The third-order valence-corrected chi connectivity index (χ3v) is 3.02. The summed E-state index contributed by atoms with van der Waals surface area (Å²) in [4.78, 5) is 36.4. The summed E-state index contributed by atoms with van der Waals surface area (Å²) in [6, 6.07) is -2.01. The van der Waals surface area contributed by atoms with Crippen molar-refractivity contribution in [1.29, 1.82) is 0 Å². The van der Waals surface area contributed by atoms with Crippen molar-refractivity contribution in [2.45, 2.75) is 58.2 Å². The quantitative estimate of drug-likeness (QED) is 0.409. The molecule has 0 aromatic rings. The van der Waals surface area contributed by atoms with Crippen molar-refractivity contribution in [2.75, 3.05) is 34.0 Å². The highest BCUT2D eigenvalue weighted by Gasteiger charge is 2.29. The lowest BCUT2D eigenvalue weighted by Crippen LogP contribution is -2.55. The molecule has 9 nitrogen and oxygen atoms in total. The number of carbonyl (C=O) groups excluding carboxylic acids is 3. The SMILES string of the molecule is CCCCOC(=O)[C@H](COC)NC(=O)[C@H](COC)NC(=O)OC(C)(C)C. The zero-order valence-corrected chi connectivity index (χ0v) is 16.5. The number of rotatable bonds is 11. The molecule has 0 fully saturated rings. The van der Waals surface area contributed by atoms with Gasteiger partial charge in [0.2, 0.25) is 5.91 Å². The number of hydrogen-bond acceptors (Lipinski definition) is 7. The van der Waals surface area contributed by atoms with Gasteiger partial charge >= 0.3 is 12.1 Å². The van der Waals surface area contributed by atoms with Crippen LogP contribution in [0.3, 0.4) is 0 Å². The van der Waals surface area contributed by atoms with Gasteiger partial charge in [-0.3, -0.25) is 4.79 Å². The van der Waals surface area contributed by atoms with Crippen molar-refractivity contribution >= 4 is 18.0 Å². The Bertz CT molecular complexity index is 449. The van der Waals surface area contributed by atoms with Crippen LogP contribution in [-0.2, 0) is 28.5 Å². The molecule has 0 aromatic carbocycles. The van der Waals surface area contributed by atoms with Crippen molar-refractivity contribution in [3.8, 4) is 0 Å². The normalized spacial score (nSPS) is 13.5. The smallest absolute Gasteiger partial charge is 0.408 e. The van der Waals surface area contributed by atoms with Crippen molar-refractivity contribution < 1.29 is 33.3 Å². The highest BCUT2D eigenvalue weighted by atomic mass is 16.6. The second-order valence-corrected chi connectivity index (χ2v) is 6.69. The number of amides is 2. The van der Waals surface area contributed by atoms with E-state index >= 15 is 0 Å². The summed E-state index contributed by atoms with van der Waals surface area (Å²) in [5.74, 6) is -1.20. The van der Waals surface area contributed by atoms with Crippen LogP contribution in [0.4, 0.5) is 4.79 Å². The molecular weight excluding hydrogens is 344 g/mol. The fraction of sp³-hybridized carbons (Fsp3) is 0.824. The van der Waals surface area contributed by atoms with E-state index in [-0.39, 0.29) is 19.8 Å². The van der Waals surface area contributed by atoms with E-state index in [1.165, 1.54) is 14.2 Å². The standard InChI is InChI=1S/C17H32N2O7/c1-7-8-9-25-15(21)13(11-24-6)18-14(20)12(10-23-5)19-16(22)26-17(2,3)4/h12-13H,7-11H2,1-6H3,(H,18,20)(H,19,22)/t12-,13-/m0/s1. The lowest BCUT2D eigenvalue weighted by Gasteiger charge is -2.24. The zero-order valence-electron chi connectivity index (χ0n) is 16.5. The zero-order chi connectivity index (χ0) is 20.2. The molecule has 0 spiro atoms. The highest BCUT2D eigenvalue weighted by molar-refractivity contribution is 5.89. The molecule has 2 N–H and O–H groups in total. The van der Waals surface area contributed by atoms with Crippen molar-refractivity contribution in [3.63, 3.8) is 0 Å². The van der Waals surface area contributed by atoms with Crippen LogP contribution >= 0.6 is 0 Å². The Morgan fingerprint density at radius 3 is 2.04 bits per heavy atom. The van der Waals surface area contributed by atoms with E-state index in [2.05, 4.69) is 10.6 Å². The number of hydrogen-bond donors (Lipinski definition) is 2. The van der Waals surface area contributed by atoms with Crippen LogP contribution in [0.1, 0.15) is 40.5 Å². The molecule has 0 saturated heterocycles. The molecule has 9 heteroatoms. The minimum absolute atomic E-state index is 0.0527. The number of ether oxygens (including phenoxy) is 4. The number of alkyl carbamates (subject to hydrolysis) is 1. The molecule has 0 aromatic heterocycles. The van der Waals surface area contributed by atoms with E-state index in [9.17, 15) is 14.4 Å². The molecule has 0 aliphatic carbocycles. The maximum absolute atomic E-state index is 12.4.